The minimum absolute atomic E-state index is 0.0170. The molecule has 0 spiro atoms. The second-order valence-electron chi connectivity index (χ2n) is 9.68. The highest BCUT2D eigenvalue weighted by Gasteiger charge is 2.38. The van der Waals surface area contributed by atoms with Crippen molar-refractivity contribution >= 4 is 11.7 Å². The number of Topliss-reactive ketones (excluding diaryl/α,β-unsaturated/α-hetero) is 1. The predicted octanol–water partition coefficient (Wildman–Crippen LogP) is 4.08. The lowest BCUT2D eigenvalue weighted by Gasteiger charge is -2.33. The molecule has 1 aromatic heterocycles. The summed E-state index contributed by atoms with van der Waals surface area (Å²) in [6, 6.07) is 2.57. The fourth-order valence-corrected chi connectivity index (χ4v) is 4.67. The Morgan fingerprint density at radius 2 is 1.89 bits per heavy atom. The van der Waals surface area contributed by atoms with Gasteiger partial charge in [0.15, 0.2) is 11.5 Å². The molecule has 190 valence electrons. The minimum atomic E-state index is -0.998. The third-order valence-corrected chi connectivity index (χ3v) is 7.25. The summed E-state index contributed by atoms with van der Waals surface area (Å²) in [6.45, 7) is 10.2. The first-order valence-corrected chi connectivity index (χ1v) is 11.7. The maximum atomic E-state index is 13.9. The van der Waals surface area contributed by atoms with Crippen molar-refractivity contribution in [2.45, 2.75) is 47.2 Å². The van der Waals surface area contributed by atoms with Crippen molar-refractivity contribution in [3.05, 3.63) is 63.1 Å². The van der Waals surface area contributed by atoms with E-state index in [1.807, 2.05) is 0 Å². The molecule has 2 heterocycles. The van der Waals surface area contributed by atoms with E-state index in [2.05, 4.69) is 33.0 Å². The lowest BCUT2D eigenvalue weighted by Crippen LogP contribution is -2.35. The fraction of sp³-hybridized carbons (Fsp3) is 0.500. The first kappa shape index (κ1) is 26.5. The van der Waals surface area contributed by atoms with E-state index in [0.29, 0.717) is 24.5 Å². The van der Waals surface area contributed by atoms with Gasteiger partial charge in [0.2, 0.25) is 5.43 Å². The number of aromatic hydroxyl groups is 1. The number of rotatable bonds is 8. The number of ether oxygens (including phenoxy) is 1. The van der Waals surface area contributed by atoms with Crippen molar-refractivity contribution in [2.24, 2.45) is 23.7 Å². The highest BCUT2D eigenvalue weighted by Crippen LogP contribution is 2.39. The summed E-state index contributed by atoms with van der Waals surface area (Å²) in [5, 5.41) is 13.1. The van der Waals surface area contributed by atoms with Gasteiger partial charge in [0.05, 0.1) is 19.3 Å². The Hall–Kier alpha value is -3.07. The number of amides is 1. The molecule has 3 rings (SSSR count). The molecule has 7 nitrogen and oxygen atoms in total. The van der Waals surface area contributed by atoms with Crippen LogP contribution in [-0.2, 0) is 11.3 Å². The molecular weight excluding hydrogens is 458 g/mol. The molecule has 1 aromatic carbocycles. The summed E-state index contributed by atoms with van der Waals surface area (Å²) in [5.41, 5.74) is -1.53. The van der Waals surface area contributed by atoms with E-state index in [4.69, 9.17) is 4.74 Å². The summed E-state index contributed by atoms with van der Waals surface area (Å²) in [5.74, 6) is -2.84. The number of carbonyl (C=O) groups is 2. The molecule has 2 aromatic rings. The second-order valence-corrected chi connectivity index (χ2v) is 9.68. The van der Waals surface area contributed by atoms with Gasteiger partial charge in [-0.25, -0.2) is 8.78 Å². The summed E-state index contributed by atoms with van der Waals surface area (Å²) in [7, 11) is 0. The van der Waals surface area contributed by atoms with Gasteiger partial charge in [0, 0.05) is 37.2 Å². The van der Waals surface area contributed by atoms with Gasteiger partial charge >= 0.3 is 0 Å². The number of ketones is 1. The molecule has 0 bridgehead atoms. The summed E-state index contributed by atoms with van der Waals surface area (Å²) >= 11 is 0. The van der Waals surface area contributed by atoms with Crippen molar-refractivity contribution < 1.29 is 28.2 Å². The van der Waals surface area contributed by atoms with Crippen LogP contribution in [0.1, 0.15) is 67.1 Å². The fourth-order valence-electron chi connectivity index (χ4n) is 4.67. The number of pyridine rings is 1. The van der Waals surface area contributed by atoms with Gasteiger partial charge in [0.1, 0.15) is 22.9 Å². The molecule has 0 radical (unpaired) electrons. The van der Waals surface area contributed by atoms with Gasteiger partial charge in [-0.3, -0.25) is 14.4 Å². The lowest BCUT2D eigenvalue weighted by molar-refractivity contribution is 0.0941. The van der Waals surface area contributed by atoms with Crippen LogP contribution in [-0.4, -0.2) is 34.6 Å². The van der Waals surface area contributed by atoms with Crippen LogP contribution in [0.4, 0.5) is 8.78 Å². The van der Waals surface area contributed by atoms with E-state index in [9.17, 15) is 28.3 Å². The van der Waals surface area contributed by atoms with E-state index < -0.39 is 34.5 Å². The van der Waals surface area contributed by atoms with Gasteiger partial charge in [-0.15, -0.1) is 0 Å². The minimum Gasteiger partial charge on any atom is -0.503 e. The van der Waals surface area contributed by atoms with Crippen LogP contribution in [0, 0.1) is 35.3 Å². The zero-order valence-corrected chi connectivity index (χ0v) is 20.6. The van der Waals surface area contributed by atoms with Crippen LogP contribution >= 0.6 is 0 Å². The van der Waals surface area contributed by atoms with Crippen LogP contribution in [0.25, 0.3) is 0 Å². The van der Waals surface area contributed by atoms with E-state index in [-0.39, 0.29) is 47.9 Å². The summed E-state index contributed by atoms with van der Waals surface area (Å²) < 4.78 is 34.3. The van der Waals surface area contributed by atoms with Crippen LogP contribution in [0.3, 0.4) is 0 Å². The number of aromatic nitrogens is 1. The average Bonchev–Trinajstić information content (AvgIpc) is 3.28. The monoisotopic (exact) mass is 490 g/mol. The zero-order valence-electron chi connectivity index (χ0n) is 20.6. The zero-order chi connectivity index (χ0) is 26.0. The highest BCUT2D eigenvalue weighted by molar-refractivity contribution is 5.98. The van der Waals surface area contributed by atoms with Gasteiger partial charge < -0.3 is 19.7 Å². The molecule has 1 aliphatic rings. The Morgan fingerprint density at radius 3 is 2.49 bits per heavy atom. The topological polar surface area (TPSA) is 97.6 Å². The quantitative estimate of drug-likeness (QED) is 0.544. The molecule has 2 N–H and O–H groups in total. The van der Waals surface area contributed by atoms with Crippen molar-refractivity contribution in [1.29, 1.82) is 0 Å². The normalized spacial score (nSPS) is 19.5. The number of hydrogen-bond donors (Lipinski definition) is 2. The van der Waals surface area contributed by atoms with Crippen LogP contribution in [0.5, 0.6) is 5.75 Å². The second kappa shape index (κ2) is 10.7. The number of nitrogens with one attached hydrogen (secondary N) is 1. The molecule has 35 heavy (non-hydrogen) atoms. The molecule has 1 saturated heterocycles. The van der Waals surface area contributed by atoms with Crippen LogP contribution in [0.15, 0.2) is 29.2 Å². The van der Waals surface area contributed by atoms with Gasteiger partial charge in [-0.1, -0.05) is 33.8 Å². The third kappa shape index (κ3) is 5.45. The highest BCUT2D eigenvalue weighted by atomic mass is 19.1. The van der Waals surface area contributed by atoms with Crippen LogP contribution < -0.4 is 10.7 Å². The van der Waals surface area contributed by atoms with E-state index in [1.165, 1.54) is 23.8 Å². The Labute approximate surface area is 203 Å². The number of carbonyl (C=O) groups excluding carboxylic acids is 2. The Morgan fingerprint density at radius 1 is 1.20 bits per heavy atom. The first-order valence-electron chi connectivity index (χ1n) is 11.7. The van der Waals surface area contributed by atoms with Crippen molar-refractivity contribution in [3.63, 3.8) is 0 Å². The van der Waals surface area contributed by atoms with Gasteiger partial charge in [-0.05, 0) is 23.8 Å². The van der Waals surface area contributed by atoms with E-state index in [0.717, 1.165) is 6.07 Å². The summed E-state index contributed by atoms with van der Waals surface area (Å²) in [6.07, 6.45) is 1.27. The average molecular weight is 491 g/mol. The molecule has 1 amide bonds. The van der Waals surface area contributed by atoms with Crippen molar-refractivity contribution in [2.75, 3.05) is 13.2 Å². The smallest absolute Gasteiger partial charge is 0.257 e. The molecule has 4 unspecified atom stereocenters. The summed E-state index contributed by atoms with van der Waals surface area (Å²) in [4.78, 5) is 38.1. The number of benzene rings is 1. The van der Waals surface area contributed by atoms with Crippen molar-refractivity contribution in [3.8, 4) is 5.75 Å². The Balaban J connectivity index is 1.99. The number of halogens is 2. The standard InChI is InChI=1S/C26H32F2N2O5/c1-13(2)14(3)15(4)20-11-35-12-22(20)30-10-19(24(32)25(33)23(30)16(5)31)26(34)29-9-17-6-7-18(27)8-21(17)28/h6-8,10,13-15,20,22,33H,9,11-12H2,1-5H3,(H,29,34). The SMILES string of the molecule is CC(=O)c1c(O)c(=O)c(C(=O)NCc2ccc(F)cc2F)cn1C1COCC1C(C)C(C)C(C)C. The molecule has 9 heteroatoms. The number of nitrogens with zero attached hydrogens (tertiary/aromatic N) is 1. The van der Waals surface area contributed by atoms with Gasteiger partial charge in [0.25, 0.3) is 5.91 Å². The predicted molar refractivity (Wildman–Crippen MR) is 126 cm³/mol. The Kier molecular flexibility index (Phi) is 8.10. The number of hydrogen-bond acceptors (Lipinski definition) is 5. The molecule has 4 atom stereocenters. The molecule has 1 fully saturated rings. The van der Waals surface area contributed by atoms with E-state index in [1.54, 1.807) is 0 Å². The lowest BCUT2D eigenvalue weighted by atomic mass is 9.76. The van der Waals surface area contributed by atoms with E-state index >= 15 is 0 Å². The molecular formula is C26H32F2N2O5. The third-order valence-electron chi connectivity index (χ3n) is 7.25. The molecule has 0 saturated carbocycles. The Bertz CT molecular complexity index is 1180. The maximum Gasteiger partial charge on any atom is 0.257 e. The van der Waals surface area contributed by atoms with Crippen molar-refractivity contribution in [1.82, 2.24) is 9.88 Å². The first-order chi connectivity index (χ1) is 16.4. The van der Waals surface area contributed by atoms with Crippen LogP contribution in [0.2, 0.25) is 0 Å². The maximum absolute atomic E-state index is 13.9. The van der Waals surface area contributed by atoms with Gasteiger partial charge in [-0.2, -0.15) is 0 Å². The molecule has 1 aliphatic heterocycles. The largest absolute Gasteiger partial charge is 0.503 e. The molecule has 0 aliphatic carbocycles.